The SMILES string of the molecule is CCN(CC)S(=O)(=O)c1ccc(Nc2ncnc(N3CCC(C)CC3)c2[N+](=O)[O-])cc1. The average molecular weight is 449 g/mol. The summed E-state index contributed by atoms with van der Waals surface area (Å²) in [5.41, 5.74) is 0.315. The van der Waals surface area contributed by atoms with Crippen molar-refractivity contribution in [3.63, 3.8) is 0 Å². The maximum absolute atomic E-state index is 12.6. The molecule has 1 aromatic carbocycles. The summed E-state index contributed by atoms with van der Waals surface area (Å²) in [5, 5.41) is 14.8. The third kappa shape index (κ3) is 4.93. The van der Waals surface area contributed by atoms with Crippen LogP contribution in [0.15, 0.2) is 35.5 Å². The van der Waals surface area contributed by atoms with E-state index >= 15 is 0 Å². The largest absolute Gasteiger partial charge is 0.353 e. The van der Waals surface area contributed by atoms with Gasteiger partial charge in [0.1, 0.15) is 6.33 Å². The van der Waals surface area contributed by atoms with Gasteiger partial charge in [-0.25, -0.2) is 18.4 Å². The monoisotopic (exact) mass is 448 g/mol. The van der Waals surface area contributed by atoms with Crippen molar-refractivity contribution in [3.8, 4) is 0 Å². The van der Waals surface area contributed by atoms with E-state index in [0.717, 1.165) is 12.8 Å². The molecule has 0 saturated carbocycles. The van der Waals surface area contributed by atoms with Gasteiger partial charge in [-0.1, -0.05) is 20.8 Å². The lowest BCUT2D eigenvalue weighted by Crippen LogP contribution is -2.34. The molecule has 1 N–H and O–H groups in total. The average Bonchev–Trinajstić information content (AvgIpc) is 2.75. The molecule has 0 spiro atoms. The number of hydrogen-bond acceptors (Lipinski definition) is 8. The highest BCUT2D eigenvalue weighted by molar-refractivity contribution is 7.89. The van der Waals surface area contributed by atoms with Crippen LogP contribution in [-0.2, 0) is 10.0 Å². The summed E-state index contributed by atoms with van der Waals surface area (Å²) in [5.74, 6) is 0.962. The molecule has 0 unspecified atom stereocenters. The Morgan fingerprint density at radius 2 is 1.77 bits per heavy atom. The lowest BCUT2D eigenvalue weighted by molar-refractivity contribution is -0.383. The molecule has 1 aromatic heterocycles. The van der Waals surface area contributed by atoms with E-state index < -0.39 is 14.9 Å². The summed E-state index contributed by atoms with van der Waals surface area (Å²) in [6.07, 6.45) is 3.21. The van der Waals surface area contributed by atoms with E-state index in [-0.39, 0.29) is 16.4 Å². The van der Waals surface area contributed by atoms with Gasteiger partial charge in [-0.05, 0) is 43.0 Å². The van der Waals surface area contributed by atoms with Crippen molar-refractivity contribution in [1.29, 1.82) is 0 Å². The zero-order valence-electron chi connectivity index (χ0n) is 18.0. The Hall–Kier alpha value is -2.79. The Morgan fingerprint density at radius 3 is 2.32 bits per heavy atom. The van der Waals surface area contributed by atoms with E-state index in [4.69, 9.17) is 0 Å². The van der Waals surface area contributed by atoms with Crippen molar-refractivity contribution in [2.24, 2.45) is 5.92 Å². The maximum atomic E-state index is 12.6. The molecule has 1 fully saturated rings. The van der Waals surface area contributed by atoms with Gasteiger partial charge >= 0.3 is 5.69 Å². The number of piperidine rings is 1. The molecule has 3 rings (SSSR count). The minimum atomic E-state index is -3.57. The molecular formula is C20H28N6O4S. The molecular weight excluding hydrogens is 420 g/mol. The van der Waals surface area contributed by atoms with Crippen LogP contribution in [0.1, 0.15) is 33.6 Å². The number of nitrogens with one attached hydrogen (secondary N) is 1. The highest BCUT2D eigenvalue weighted by Crippen LogP contribution is 2.35. The van der Waals surface area contributed by atoms with Gasteiger partial charge in [0.05, 0.1) is 9.82 Å². The highest BCUT2D eigenvalue weighted by Gasteiger charge is 2.29. The van der Waals surface area contributed by atoms with Crippen LogP contribution in [0.2, 0.25) is 0 Å². The van der Waals surface area contributed by atoms with Crippen LogP contribution in [0.4, 0.5) is 23.0 Å². The van der Waals surface area contributed by atoms with Crippen molar-refractivity contribution >= 4 is 33.0 Å². The second-order valence-electron chi connectivity index (χ2n) is 7.56. The van der Waals surface area contributed by atoms with Gasteiger partial charge in [0, 0.05) is 31.9 Å². The quantitative estimate of drug-likeness (QED) is 0.482. The number of benzene rings is 1. The third-order valence-electron chi connectivity index (χ3n) is 5.53. The number of sulfonamides is 1. The summed E-state index contributed by atoms with van der Waals surface area (Å²) >= 11 is 0. The first-order valence-corrected chi connectivity index (χ1v) is 11.8. The summed E-state index contributed by atoms with van der Waals surface area (Å²) in [6, 6.07) is 6.11. The molecule has 0 aliphatic carbocycles. The minimum Gasteiger partial charge on any atom is -0.351 e. The van der Waals surface area contributed by atoms with Crippen LogP contribution in [0, 0.1) is 16.0 Å². The predicted molar refractivity (Wildman–Crippen MR) is 119 cm³/mol. The third-order valence-corrected chi connectivity index (χ3v) is 7.59. The lowest BCUT2D eigenvalue weighted by Gasteiger charge is -2.30. The molecule has 0 radical (unpaired) electrons. The second-order valence-corrected chi connectivity index (χ2v) is 9.50. The van der Waals surface area contributed by atoms with E-state index in [0.29, 0.717) is 43.6 Å². The normalized spacial score (nSPS) is 15.3. The van der Waals surface area contributed by atoms with E-state index in [2.05, 4.69) is 22.2 Å². The van der Waals surface area contributed by atoms with Gasteiger partial charge < -0.3 is 10.2 Å². The maximum Gasteiger partial charge on any atom is 0.353 e. The van der Waals surface area contributed by atoms with E-state index in [9.17, 15) is 18.5 Å². The molecule has 0 atom stereocenters. The smallest absolute Gasteiger partial charge is 0.351 e. The van der Waals surface area contributed by atoms with E-state index in [1.165, 1.54) is 22.8 Å². The number of aromatic nitrogens is 2. The van der Waals surface area contributed by atoms with Gasteiger partial charge in [-0.2, -0.15) is 4.31 Å². The Morgan fingerprint density at radius 1 is 1.16 bits per heavy atom. The molecule has 1 aliphatic rings. The molecule has 11 heteroatoms. The topological polar surface area (TPSA) is 122 Å². The van der Waals surface area contributed by atoms with Crippen molar-refractivity contribution in [1.82, 2.24) is 14.3 Å². The number of hydrogen-bond donors (Lipinski definition) is 1. The molecule has 168 valence electrons. The molecule has 10 nitrogen and oxygen atoms in total. The zero-order chi connectivity index (χ0) is 22.6. The predicted octanol–water partition coefficient (Wildman–Crippen LogP) is 3.40. The first-order valence-electron chi connectivity index (χ1n) is 10.4. The summed E-state index contributed by atoms with van der Waals surface area (Å²) in [4.78, 5) is 21.7. The fourth-order valence-corrected chi connectivity index (χ4v) is 5.10. The first kappa shape index (κ1) is 22.9. The number of rotatable bonds is 8. The van der Waals surface area contributed by atoms with Crippen molar-refractivity contribution < 1.29 is 13.3 Å². The van der Waals surface area contributed by atoms with Crippen LogP contribution >= 0.6 is 0 Å². The van der Waals surface area contributed by atoms with Gasteiger partial charge in [-0.3, -0.25) is 10.1 Å². The summed E-state index contributed by atoms with van der Waals surface area (Å²) < 4.78 is 26.7. The highest BCUT2D eigenvalue weighted by atomic mass is 32.2. The summed E-state index contributed by atoms with van der Waals surface area (Å²) in [7, 11) is -3.57. The Labute approximate surface area is 182 Å². The van der Waals surface area contributed by atoms with Crippen LogP contribution in [-0.4, -0.2) is 53.8 Å². The molecule has 2 aromatic rings. The Balaban J connectivity index is 1.87. The first-order chi connectivity index (χ1) is 14.8. The molecule has 1 aliphatic heterocycles. The van der Waals surface area contributed by atoms with E-state index in [1.807, 2.05) is 4.90 Å². The molecule has 31 heavy (non-hydrogen) atoms. The van der Waals surface area contributed by atoms with Crippen LogP contribution < -0.4 is 10.2 Å². The van der Waals surface area contributed by atoms with Crippen LogP contribution in [0.25, 0.3) is 0 Å². The van der Waals surface area contributed by atoms with Crippen LogP contribution in [0.3, 0.4) is 0 Å². The van der Waals surface area contributed by atoms with Gasteiger partial charge in [-0.15, -0.1) is 0 Å². The zero-order valence-corrected chi connectivity index (χ0v) is 18.8. The second kappa shape index (κ2) is 9.56. The Bertz CT molecular complexity index is 1020. The molecule has 2 heterocycles. The lowest BCUT2D eigenvalue weighted by atomic mass is 9.99. The fraction of sp³-hybridized carbons (Fsp3) is 0.500. The number of anilines is 3. The Kier molecular flexibility index (Phi) is 7.06. The summed E-state index contributed by atoms with van der Waals surface area (Å²) in [6.45, 7) is 7.90. The molecule has 1 saturated heterocycles. The number of nitrogens with zero attached hydrogens (tertiary/aromatic N) is 5. The van der Waals surface area contributed by atoms with Crippen molar-refractivity contribution in [2.45, 2.75) is 38.5 Å². The van der Waals surface area contributed by atoms with Crippen LogP contribution in [0.5, 0.6) is 0 Å². The van der Waals surface area contributed by atoms with Gasteiger partial charge in [0.25, 0.3) is 0 Å². The number of nitro groups is 1. The van der Waals surface area contributed by atoms with Gasteiger partial charge in [0.15, 0.2) is 0 Å². The van der Waals surface area contributed by atoms with Gasteiger partial charge in [0.2, 0.25) is 21.7 Å². The minimum absolute atomic E-state index is 0.0768. The van der Waals surface area contributed by atoms with Crippen molar-refractivity contribution in [2.75, 3.05) is 36.4 Å². The standard InChI is InChI=1S/C20H28N6O4S/c1-4-25(5-2)31(29,30)17-8-6-16(7-9-17)23-19-18(26(27)28)20(22-14-21-19)24-12-10-15(3)11-13-24/h6-9,14-15H,4-5,10-13H2,1-3H3,(H,21,22,23). The molecule has 0 bridgehead atoms. The van der Waals surface area contributed by atoms with E-state index in [1.54, 1.807) is 26.0 Å². The fourth-order valence-electron chi connectivity index (χ4n) is 3.64. The van der Waals surface area contributed by atoms with Crippen molar-refractivity contribution in [3.05, 3.63) is 40.7 Å². The molecule has 0 amide bonds.